The van der Waals surface area contributed by atoms with Crippen LogP contribution in [0.4, 0.5) is 5.88 Å². The number of esters is 1. The van der Waals surface area contributed by atoms with Crippen molar-refractivity contribution >= 4 is 29.6 Å². The number of amides is 3. The van der Waals surface area contributed by atoms with Gasteiger partial charge in [-0.15, -0.1) is 0 Å². The molecule has 1 aromatic heterocycles. The van der Waals surface area contributed by atoms with E-state index in [2.05, 4.69) is 5.32 Å². The molecule has 2 atom stereocenters. The van der Waals surface area contributed by atoms with Gasteiger partial charge < -0.3 is 9.15 Å². The van der Waals surface area contributed by atoms with Gasteiger partial charge in [-0.25, -0.2) is 4.79 Å². The van der Waals surface area contributed by atoms with E-state index in [0.717, 1.165) is 12.8 Å². The van der Waals surface area contributed by atoms with Crippen molar-refractivity contribution in [3.05, 3.63) is 52.3 Å². The molecular weight excluding hydrogens is 426 g/mol. The summed E-state index contributed by atoms with van der Waals surface area (Å²) in [7, 11) is 1.19. The molecule has 2 heterocycles. The van der Waals surface area contributed by atoms with E-state index < -0.39 is 11.9 Å². The Balaban J connectivity index is 1.54. The van der Waals surface area contributed by atoms with Crippen LogP contribution in [-0.2, 0) is 9.53 Å². The smallest absolute Gasteiger partial charge is 0.342 e. The molecule has 1 saturated carbocycles. The summed E-state index contributed by atoms with van der Waals surface area (Å²) in [6.07, 6.45) is 2.96. The first-order chi connectivity index (χ1) is 15.9. The molecule has 1 aromatic carbocycles. The molecule has 2 aliphatic rings. The lowest BCUT2D eigenvalue weighted by Crippen LogP contribution is -2.41. The number of ether oxygens (including phenoxy) is 1. The van der Waals surface area contributed by atoms with Gasteiger partial charge >= 0.3 is 5.97 Å². The number of nitrogens with zero attached hydrogens (tertiary/aromatic N) is 2. The Morgan fingerprint density at radius 3 is 2.42 bits per heavy atom. The van der Waals surface area contributed by atoms with E-state index in [0.29, 0.717) is 24.0 Å². The first-order valence-corrected chi connectivity index (χ1v) is 10.7. The quantitative estimate of drug-likeness (QED) is 0.547. The van der Waals surface area contributed by atoms with Gasteiger partial charge in [0.05, 0.1) is 18.2 Å². The monoisotopic (exact) mass is 449 g/mol. The third-order valence-electron chi connectivity index (χ3n) is 6.36. The van der Waals surface area contributed by atoms with E-state index in [9.17, 15) is 24.4 Å². The molecule has 1 aliphatic carbocycles. The summed E-state index contributed by atoms with van der Waals surface area (Å²) in [5.41, 5.74) is 0.626. The van der Waals surface area contributed by atoms with Crippen molar-refractivity contribution in [2.75, 3.05) is 19.0 Å². The second-order valence-corrected chi connectivity index (χ2v) is 8.25. The summed E-state index contributed by atoms with van der Waals surface area (Å²) >= 11 is 0. The van der Waals surface area contributed by atoms with Crippen LogP contribution < -0.4 is 5.32 Å². The van der Waals surface area contributed by atoms with Crippen LogP contribution in [0.3, 0.4) is 0 Å². The van der Waals surface area contributed by atoms with Crippen molar-refractivity contribution < 1.29 is 28.3 Å². The maximum Gasteiger partial charge on any atom is 0.342 e. The molecule has 2 aromatic rings. The summed E-state index contributed by atoms with van der Waals surface area (Å²) < 4.78 is 10.2. The van der Waals surface area contributed by atoms with Crippen LogP contribution in [0.25, 0.3) is 0 Å². The average Bonchev–Trinajstić information content (AvgIpc) is 3.27. The molecule has 2 unspecified atom stereocenters. The Morgan fingerprint density at radius 2 is 1.82 bits per heavy atom. The standard InChI is InChI=1S/C24H23N3O6/c1-13-19(24(31)32-2)18(11-25)21(33-13)26-20(28)15-8-4-3-7-14(15)12-27-22(29)16-9-5-6-10-17(16)23(27)30/h5-6,9-10,14-15H,3-4,7-8,12H2,1-2H3,(H,26,28). The van der Waals surface area contributed by atoms with Crippen LogP contribution >= 0.6 is 0 Å². The number of hydrogen-bond donors (Lipinski definition) is 1. The molecule has 0 spiro atoms. The van der Waals surface area contributed by atoms with Crippen LogP contribution in [0, 0.1) is 30.1 Å². The average molecular weight is 449 g/mol. The molecule has 0 saturated heterocycles. The Hall–Kier alpha value is -3.93. The van der Waals surface area contributed by atoms with Gasteiger partial charge in [0.15, 0.2) is 0 Å². The maximum atomic E-state index is 13.2. The zero-order chi connectivity index (χ0) is 23.7. The molecular formula is C24H23N3O6. The molecule has 9 nitrogen and oxygen atoms in total. The van der Waals surface area contributed by atoms with Crippen molar-refractivity contribution in [3.63, 3.8) is 0 Å². The normalized spacial score (nSPS) is 19.7. The number of rotatable bonds is 5. The molecule has 0 radical (unpaired) electrons. The highest BCUT2D eigenvalue weighted by Crippen LogP contribution is 2.35. The number of nitriles is 1. The maximum absolute atomic E-state index is 13.2. The molecule has 170 valence electrons. The minimum Gasteiger partial charge on any atom is -0.465 e. The summed E-state index contributed by atoms with van der Waals surface area (Å²) in [6, 6.07) is 8.57. The number of nitrogens with one attached hydrogen (secondary N) is 1. The summed E-state index contributed by atoms with van der Waals surface area (Å²) in [5, 5.41) is 12.2. The Bertz CT molecular complexity index is 1160. The highest BCUT2D eigenvalue weighted by Gasteiger charge is 2.40. The predicted molar refractivity (Wildman–Crippen MR) is 115 cm³/mol. The second-order valence-electron chi connectivity index (χ2n) is 8.25. The topological polar surface area (TPSA) is 130 Å². The predicted octanol–water partition coefficient (Wildman–Crippen LogP) is 3.29. The zero-order valence-corrected chi connectivity index (χ0v) is 18.3. The lowest BCUT2D eigenvalue weighted by molar-refractivity contribution is -0.122. The highest BCUT2D eigenvalue weighted by atomic mass is 16.5. The molecule has 1 N–H and O–H groups in total. The molecule has 3 amide bonds. The highest BCUT2D eigenvalue weighted by molar-refractivity contribution is 6.21. The third-order valence-corrected chi connectivity index (χ3v) is 6.36. The van der Waals surface area contributed by atoms with E-state index in [1.165, 1.54) is 18.9 Å². The minimum absolute atomic E-state index is 0.0264. The summed E-state index contributed by atoms with van der Waals surface area (Å²) in [6.45, 7) is 1.65. The van der Waals surface area contributed by atoms with E-state index in [4.69, 9.17) is 9.15 Å². The fourth-order valence-electron chi connectivity index (χ4n) is 4.70. The number of carbonyl (C=O) groups is 4. The Labute approximate surface area is 190 Å². The number of imide groups is 1. The Morgan fingerprint density at radius 1 is 1.18 bits per heavy atom. The molecule has 4 rings (SSSR count). The number of hydrogen-bond acceptors (Lipinski definition) is 7. The SMILES string of the molecule is COC(=O)c1c(C)oc(NC(=O)C2CCCCC2CN2C(=O)c3ccccc3C2=O)c1C#N. The fraction of sp³-hybridized carbons (Fsp3) is 0.375. The van der Waals surface area contributed by atoms with E-state index in [1.54, 1.807) is 24.3 Å². The van der Waals surface area contributed by atoms with Crippen molar-refractivity contribution in [2.24, 2.45) is 11.8 Å². The van der Waals surface area contributed by atoms with Crippen molar-refractivity contribution in [3.8, 4) is 6.07 Å². The third kappa shape index (κ3) is 3.89. The molecule has 1 fully saturated rings. The van der Waals surface area contributed by atoms with Crippen molar-refractivity contribution in [1.82, 2.24) is 4.90 Å². The van der Waals surface area contributed by atoms with E-state index in [-0.39, 0.29) is 53.0 Å². The number of fused-ring (bicyclic) bond motifs is 1. The molecule has 9 heteroatoms. The molecule has 1 aliphatic heterocycles. The molecule has 0 bridgehead atoms. The first-order valence-electron chi connectivity index (χ1n) is 10.7. The first kappa shape index (κ1) is 22.3. The number of methoxy groups -OCH3 is 1. The van der Waals surface area contributed by atoms with Gasteiger partial charge in [0.2, 0.25) is 11.8 Å². The number of benzene rings is 1. The summed E-state index contributed by atoms with van der Waals surface area (Å²) in [5.74, 6) is -2.46. The number of carbonyl (C=O) groups excluding carboxylic acids is 4. The second kappa shape index (κ2) is 8.90. The van der Waals surface area contributed by atoms with Crippen molar-refractivity contribution in [1.29, 1.82) is 5.26 Å². The lowest BCUT2D eigenvalue weighted by Gasteiger charge is -2.32. The molecule has 33 heavy (non-hydrogen) atoms. The zero-order valence-electron chi connectivity index (χ0n) is 18.3. The van der Waals surface area contributed by atoms with Gasteiger partial charge in [0, 0.05) is 12.5 Å². The van der Waals surface area contributed by atoms with E-state index >= 15 is 0 Å². The number of furan rings is 1. The Kier molecular flexibility index (Phi) is 6.01. The minimum atomic E-state index is -0.727. The lowest BCUT2D eigenvalue weighted by atomic mass is 9.78. The van der Waals surface area contributed by atoms with Gasteiger partial charge in [-0.2, -0.15) is 5.26 Å². The van der Waals surface area contributed by atoms with Gasteiger partial charge in [0.1, 0.15) is 23.0 Å². The van der Waals surface area contributed by atoms with Gasteiger partial charge in [-0.1, -0.05) is 25.0 Å². The largest absolute Gasteiger partial charge is 0.465 e. The van der Waals surface area contributed by atoms with E-state index in [1.807, 2.05) is 6.07 Å². The van der Waals surface area contributed by atoms with Gasteiger partial charge in [-0.3, -0.25) is 24.6 Å². The van der Waals surface area contributed by atoms with Gasteiger partial charge in [-0.05, 0) is 37.8 Å². The van der Waals surface area contributed by atoms with Crippen LogP contribution in [0.1, 0.15) is 68.1 Å². The van der Waals surface area contributed by atoms with Crippen LogP contribution in [0.15, 0.2) is 28.7 Å². The fourth-order valence-corrected chi connectivity index (χ4v) is 4.70. The number of aryl methyl sites for hydroxylation is 1. The van der Waals surface area contributed by atoms with Crippen molar-refractivity contribution in [2.45, 2.75) is 32.6 Å². The van der Waals surface area contributed by atoms with Crippen LogP contribution in [0.5, 0.6) is 0 Å². The van der Waals surface area contributed by atoms with Crippen LogP contribution in [0.2, 0.25) is 0 Å². The number of anilines is 1. The van der Waals surface area contributed by atoms with Gasteiger partial charge in [0.25, 0.3) is 11.8 Å². The van der Waals surface area contributed by atoms with Crippen LogP contribution in [-0.4, -0.2) is 42.2 Å². The summed E-state index contributed by atoms with van der Waals surface area (Å²) in [4.78, 5) is 51.9.